The number of hydrogen-bond acceptors (Lipinski definition) is 4. The molecule has 1 aliphatic rings. The number of likely N-dealkylation sites (tertiary alicyclic amines) is 1. The lowest BCUT2D eigenvalue weighted by molar-refractivity contribution is -0.154. The second-order valence-electron chi connectivity index (χ2n) is 7.55. The Morgan fingerprint density at radius 3 is 2.41 bits per heavy atom. The number of hydrogen-bond donors (Lipinski definition) is 2. The molecule has 1 aromatic heterocycles. The molecule has 0 unspecified atom stereocenters. The first kappa shape index (κ1) is 25.7. The quantitative estimate of drug-likeness (QED) is 0.322. The van der Waals surface area contributed by atoms with E-state index in [2.05, 4.69) is 44.1 Å². The van der Waals surface area contributed by atoms with Gasteiger partial charge in [-0.15, -0.1) is 24.0 Å². The van der Waals surface area contributed by atoms with Crippen molar-refractivity contribution in [3.8, 4) is 5.88 Å². The summed E-state index contributed by atoms with van der Waals surface area (Å²) in [6.07, 6.45) is 0.904. The molecule has 2 N–H and O–H groups in total. The highest BCUT2D eigenvalue weighted by Crippen LogP contribution is 2.20. The van der Waals surface area contributed by atoms with Gasteiger partial charge in [0.25, 0.3) is 0 Å². The van der Waals surface area contributed by atoms with E-state index in [9.17, 15) is 13.2 Å². The van der Waals surface area contributed by atoms with Gasteiger partial charge in [-0.1, -0.05) is 12.5 Å². The molecule has 0 spiro atoms. The van der Waals surface area contributed by atoms with Gasteiger partial charge in [0.05, 0.1) is 0 Å². The van der Waals surface area contributed by atoms with E-state index in [4.69, 9.17) is 0 Å². The van der Waals surface area contributed by atoms with Crippen molar-refractivity contribution in [2.75, 3.05) is 33.3 Å². The molecule has 1 aliphatic heterocycles. The Morgan fingerprint density at radius 2 is 1.86 bits per heavy atom. The van der Waals surface area contributed by atoms with Crippen LogP contribution in [0.25, 0.3) is 0 Å². The molecule has 6 nitrogen and oxygen atoms in total. The predicted octanol–water partition coefficient (Wildman–Crippen LogP) is 3.57. The average Bonchev–Trinajstić information content (AvgIpc) is 2.67. The van der Waals surface area contributed by atoms with E-state index in [1.165, 1.54) is 31.5 Å². The Balaban J connectivity index is 0.00000420. The summed E-state index contributed by atoms with van der Waals surface area (Å²) in [5, 5.41) is 6.55. The summed E-state index contributed by atoms with van der Waals surface area (Å²) in [4.78, 5) is 10.6. The van der Waals surface area contributed by atoms with Crippen molar-refractivity contribution in [3.05, 3.63) is 23.9 Å². The summed E-state index contributed by atoms with van der Waals surface area (Å²) in [7, 11) is 1.70. The van der Waals surface area contributed by atoms with Crippen molar-refractivity contribution in [2.45, 2.75) is 51.4 Å². The maximum absolute atomic E-state index is 12.2. The highest BCUT2D eigenvalue weighted by atomic mass is 127. The molecular weight excluding hydrogens is 498 g/mol. The maximum atomic E-state index is 12.2. The summed E-state index contributed by atoms with van der Waals surface area (Å²) in [5.74, 6) is 0.620. The Kier molecular flexibility index (Phi) is 10.4. The smallest absolute Gasteiger partial charge is 0.422 e. The second-order valence-corrected chi connectivity index (χ2v) is 7.55. The van der Waals surface area contributed by atoms with Crippen molar-refractivity contribution < 1.29 is 17.9 Å². The third-order valence-electron chi connectivity index (χ3n) is 4.77. The minimum atomic E-state index is -4.37. The zero-order valence-corrected chi connectivity index (χ0v) is 19.5. The Morgan fingerprint density at radius 1 is 1.17 bits per heavy atom. The van der Waals surface area contributed by atoms with Gasteiger partial charge in [-0.3, -0.25) is 9.89 Å². The largest absolute Gasteiger partial charge is 0.468 e. The molecule has 0 atom stereocenters. The fourth-order valence-electron chi connectivity index (χ4n) is 3.07. The van der Waals surface area contributed by atoms with E-state index < -0.39 is 12.8 Å². The van der Waals surface area contributed by atoms with Crippen LogP contribution in [0.5, 0.6) is 5.88 Å². The van der Waals surface area contributed by atoms with Gasteiger partial charge in [0, 0.05) is 37.9 Å². The molecule has 1 saturated heterocycles. The molecule has 29 heavy (non-hydrogen) atoms. The first-order chi connectivity index (χ1) is 13.2. The molecule has 10 heteroatoms. The number of aromatic nitrogens is 1. The topological polar surface area (TPSA) is 61.8 Å². The summed E-state index contributed by atoms with van der Waals surface area (Å²) >= 11 is 0. The van der Waals surface area contributed by atoms with Crippen LogP contribution in [0, 0.1) is 0 Å². The number of guanidine groups is 1. The van der Waals surface area contributed by atoms with Gasteiger partial charge < -0.3 is 15.4 Å². The lowest BCUT2D eigenvalue weighted by Crippen LogP contribution is -2.54. The van der Waals surface area contributed by atoms with E-state index in [1.807, 2.05) is 0 Å². The molecular formula is C19H31F3IN5O. The first-order valence-corrected chi connectivity index (χ1v) is 9.54. The van der Waals surface area contributed by atoms with Crippen molar-refractivity contribution in [2.24, 2.45) is 4.99 Å². The van der Waals surface area contributed by atoms with E-state index in [0.29, 0.717) is 12.5 Å². The van der Waals surface area contributed by atoms with Crippen LogP contribution in [0.4, 0.5) is 13.2 Å². The second kappa shape index (κ2) is 11.8. The molecule has 0 saturated carbocycles. The highest BCUT2D eigenvalue weighted by Gasteiger charge is 2.29. The molecule has 2 heterocycles. The summed E-state index contributed by atoms with van der Waals surface area (Å²) < 4.78 is 41.1. The van der Waals surface area contributed by atoms with Crippen LogP contribution in [-0.4, -0.2) is 60.8 Å². The standard InChI is InChI=1S/C19H30F3N5O.HI/c1-18(2,27-9-5-4-6-10-27)13-26-17(23-3)25-12-15-7-8-16(24-11-15)28-14-19(20,21)22;/h7-8,11H,4-6,9-10,12-14H2,1-3H3,(H2,23,25,26);1H. The van der Waals surface area contributed by atoms with Crippen LogP contribution in [-0.2, 0) is 6.54 Å². The molecule has 1 aromatic rings. The molecule has 0 aliphatic carbocycles. The molecule has 0 bridgehead atoms. The predicted molar refractivity (Wildman–Crippen MR) is 119 cm³/mol. The van der Waals surface area contributed by atoms with E-state index in [-0.39, 0.29) is 35.4 Å². The van der Waals surface area contributed by atoms with Gasteiger partial charge in [-0.2, -0.15) is 13.2 Å². The van der Waals surface area contributed by atoms with Crippen LogP contribution in [0.1, 0.15) is 38.7 Å². The van der Waals surface area contributed by atoms with E-state index in [1.54, 1.807) is 13.1 Å². The van der Waals surface area contributed by atoms with Gasteiger partial charge in [0.2, 0.25) is 5.88 Å². The maximum Gasteiger partial charge on any atom is 0.422 e. The Bertz CT molecular complexity index is 632. The molecule has 0 amide bonds. The van der Waals surface area contributed by atoms with Crippen molar-refractivity contribution in [1.29, 1.82) is 0 Å². The number of ether oxygens (including phenoxy) is 1. The number of pyridine rings is 1. The van der Waals surface area contributed by atoms with Crippen LogP contribution in [0.15, 0.2) is 23.3 Å². The zero-order valence-electron chi connectivity index (χ0n) is 17.2. The van der Waals surface area contributed by atoms with Crippen molar-refractivity contribution >= 4 is 29.9 Å². The number of nitrogens with one attached hydrogen (secondary N) is 2. The molecule has 2 rings (SSSR count). The third-order valence-corrected chi connectivity index (χ3v) is 4.77. The number of alkyl halides is 3. The van der Waals surface area contributed by atoms with Crippen molar-refractivity contribution in [3.63, 3.8) is 0 Å². The minimum Gasteiger partial charge on any atom is -0.468 e. The van der Waals surface area contributed by atoms with Crippen LogP contribution in [0.2, 0.25) is 0 Å². The fourth-order valence-corrected chi connectivity index (χ4v) is 3.07. The Hall–Kier alpha value is -1.30. The van der Waals surface area contributed by atoms with Crippen LogP contribution >= 0.6 is 24.0 Å². The SMILES string of the molecule is CN=C(NCc1ccc(OCC(F)(F)F)nc1)NCC(C)(C)N1CCCCC1.I. The van der Waals surface area contributed by atoms with Crippen LogP contribution in [0.3, 0.4) is 0 Å². The summed E-state index contributed by atoms with van der Waals surface area (Å²) in [5.41, 5.74) is 0.842. The number of piperidine rings is 1. The van der Waals surface area contributed by atoms with Crippen molar-refractivity contribution in [1.82, 2.24) is 20.5 Å². The number of rotatable bonds is 7. The molecule has 0 aromatic carbocycles. The molecule has 1 fully saturated rings. The highest BCUT2D eigenvalue weighted by molar-refractivity contribution is 14.0. The van der Waals surface area contributed by atoms with Gasteiger partial charge in [-0.25, -0.2) is 4.98 Å². The normalized spacial score (nSPS) is 16.1. The van der Waals surface area contributed by atoms with Gasteiger partial charge in [-0.05, 0) is 45.3 Å². The monoisotopic (exact) mass is 529 g/mol. The molecule has 0 radical (unpaired) electrons. The van der Waals surface area contributed by atoms with Gasteiger partial charge >= 0.3 is 6.18 Å². The summed E-state index contributed by atoms with van der Waals surface area (Å²) in [6, 6.07) is 3.11. The molecule has 166 valence electrons. The third kappa shape index (κ3) is 9.37. The number of halogens is 4. The number of nitrogens with zero attached hydrogens (tertiary/aromatic N) is 3. The lowest BCUT2D eigenvalue weighted by Gasteiger charge is -2.41. The number of aliphatic imine (C=N–C) groups is 1. The van der Waals surface area contributed by atoms with E-state index in [0.717, 1.165) is 25.2 Å². The van der Waals surface area contributed by atoms with E-state index >= 15 is 0 Å². The zero-order chi connectivity index (χ0) is 20.6. The Labute approximate surface area is 187 Å². The van der Waals surface area contributed by atoms with Gasteiger partial charge in [0.1, 0.15) is 0 Å². The summed E-state index contributed by atoms with van der Waals surface area (Å²) in [6.45, 7) is 6.56. The van der Waals surface area contributed by atoms with Crippen LogP contribution < -0.4 is 15.4 Å². The minimum absolute atomic E-state index is 0. The average molecular weight is 529 g/mol. The fraction of sp³-hybridized carbons (Fsp3) is 0.684. The lowest BCUT2D eigenvalue weighted by atomic mass is 9.98. The van der Waals surface area contributed by atoms with Gasteiger partial charge in [0.15, 0.2) is 12.6 Å². The first-order valence-electron chi connectivity index (χ1n) is 9.54.